The molecule has 0 unspecified atom stereocenters. The molecular formula is C18H18N4OS. The van der Waals surface area contributed by atoms with Gasteiger partial charge in [-0.25, -0.2) is 4.98 Å². The molecule has 24 heavy (non-hydrogen) atoms. The van der Waals surface area contributed by atoms with Crippen LogP contribution in [0.2, 0.25) is 0 Å². The molecule has 1 aliphatic heterocycles. The van der Waals surface area contributed by atoms with Crippen LogP contribution < -0.4 is 4.90 Å². The van der Waals surface area contributed by atoms with Gasteiger partial charge in [0.1, 0.15) is 0 Å². The minimum atomic E-state index is 0.00241. The number of carbonyl (C=O) groups excluding carboxylic acids is 1. The Morgan fingerprint density at radius 1 is 1.29 bits per heavy atom. The molecule has 0 fully saturated rings. The van der Waals surface area contributed by atoms with E-state index in [1.807, 2.05) is 54.9 Å². The zero-order chi connectivity index (χ0) is 16.7. The van der Waals surface area contributed by atoms with E-state index < -0.39 is 0 Å². The normalized spacial score (nSPS) is 14.5. The van der Waals surface area contributed by atoms with Gasteiger partial charge in [-0.1, -0.05) is 12.1 Å². The summed E-state index contributed by atoms with van der Waals surface area (Å²) in [6.45, 7) is 2.67. The molecule has 0 saturated heterocycles. The first kappa shape index (κ1) is 15.2. The molecule has 3 aromatic rings. The quantitative estimate of drug-likeness (QED) is 0.682. The first-order chi connectivity index (χ1) is 11.6. The predicted molar refractivity (Wildman–Crippen MR) is 96.7 cm³/mol. The highest BCUT2D eigenvalue weighted by molar-refractivity contribution is 7.99. The molecule has 3 heterocycles. The smallest absolute Gasteiger partial charge is 0.259 e. The molecule has 122 valence electrons. The summed E-state index contributed by atoms with van der Waals surface area (Å²) in [4.78, 5) is 20.6. The Balaban J connectivity index is 1.77. The lowest BCUT2D eigenvalue weighted by atomic mass is 10.1. The summed E-state index contributed by atoms with van der Waals surface area (Å²) >= 11 is 1.81. The van der Waals surface area contributed by atoms with E-state index in [1.165, 1.54) is 0 Å². The highest BCUT2D eigenvalue weighted by Gasteiger charge is 2.23. The third-order valence-electron chi connectivity index (χ3n) is 4.29. The van der Waals surface area contributed by atoms with Gasteiger partial charge in [-0.3, -0.25) is 9.48 Å². The molecule has 0 bridgehead atoms. The zero-order valence-electron chi connectivity index (χ0n) is 13.7. The van der Waals surface area contributed by atoms with E-state index in [4.69, 9.17) is 0 Å². The molecule has 0 radical (unpaired) electrons. The second kappa shape index (κ2) is 5.94. The second-order valence-corrected chi connectivity index (χ2v) is 7.07. The Hall–Kier alpha value is -2.34. The van der Waals surface area contributed by atoms with Crippen molar-refractivity contribution in [3.63, 3.8) is 0 Å². The van der Waals surface area contributed by atoms with Crippen molar-refractivity contribution >= 4 is 34.4 Å². The van der Waals surface area contributed by atoms with Crippen LogP contribution >= 0.6 is 11.8 Å². The van der Waals surface area contributed by atoms with Crippen LogP contribution in [-0.2, 0) is 7.05 Å². The van der Waals surface area contributed by atoms with Crippen LogP contribution in [0.15, 0.2) is 41.4 Å². The van der Waals surface area contributed by atoms with E-state index >= 15 is 0 Å². The van der Waals surface area contributed by atoms with Gasteiger partial charge in [0.15, 0.2) is 5.65 Å². The van der Waals surface area contributed by atoms with Gasteiger partial charge >= 0.3 is 0 Å². The van der Waals surface area contributed by atoms with E-state index in [1.54, 1.807) is 10.9 Å². The highest BCUT2D eigenvalue weighted by Crippen LogP contribution is 2.34. The third-order valence-corrected chi connectivity index (χ3v) is 5.44. The van der Waals surface area contributed by atoms with Crippen LogP contribution in [0, 0.1) is 6.92 Å². The standard InChI is InChI=1S/C18H18N4OS/c1-12-14-10-13(11-19-17(14)21(2)20-12)18(23)22-8-5-9-24-16-7-4-3-6-15(16)22/h3-4,6-7,10-11H,5,8-9H2,1-2H3. The van der Waals surface area contributed by atoms with Crippen molar-refractivity contribution in [3.8, 4) is 0 Å². The van der Waals surface area contributed by atoms with Crippen LogP contribution in [-0.4, -0.2) is 33.0 Å². The fourth-order valence-electron chi connectivity index (χ4n) is 3.12. The molecule has 0 spiro atoms. The maximum absolute atomic E-state index is 13.1. The van der Waals surface area contributed by atoms with E-state index in [0.29, 0.717) is 5.56 Å². The highest BCUT2D eigenvalue weighted by atomic mass is 32.2. The summed E-state index contributed by atoms with van der Waals surface area (Å²) in [7, 11) is 1.87. The van der Waals surface area contributed by atoms with Gasteiger partial charge in [0, 0.05) is 30.1 Å². The Morgan fingerprint density at radius 2 is 2.12 bits per heavy atom. The number of hydrogen-bond donors (Lipinski definition) is 0. The first-order valence-corrected chi connectivity index (χ1v) is 8.97. The van der Waals surface area contributed by atoms with Crippen LogP contribution in [0.5, 0.6) is 0 Å². The molecule has 0 aliphatic carbocycles. The summed E-state index contributed by atoms with van der Waals surface area (Å²) in [5, 5.41) is 5.31. The number of hydrogen-bond acceptors (Lipinski definition) is 4. The number of anilines is 1. The molecule has 1 aliphatic rings. The van der Waals surface area contributed by atoms with E-state index in [9.17, 15) is 4.79 Å². The number of aryl methyl sites for hydroxylation is 2. The van der Waals surface area contributed by atoms with Gasteiger partial charge < -0.3 is 4.90 Å². The molecule has 5 nitrogen and oxygen atoms in total. The Bertz CT molecular complexity index is 934. The van der Waals surface area contributed by atoms with Crippen molar-refractivity contribution in [2.24, 2.45) is 7.05 Å². The maximum atomic E-state index is 13.1. The van der Waals surface area contributed by atoms with Gasteiger partial charge in [0.05, 0.1) is 16.9 Å². The minimum Gasteiger partial charge on any atom is -0.307 e. The molecule has 1 aromatic carbocycles. The zero-order valence-corrected chi connectivity index (χ0v) is 14.5. The molecule has 6 heteroatoms. The van der Waals surface area contributed by atoms with Crippen LogP contribution in [0.25, 0.3) is 11.0 Å². The largest absolute Gasteiger partial charge is 0.307 e. The predicted octanol–water partition coefficient (Wildman–Crippen LogP) is 3.42. The first-order valence-electron chi connectivity index (χ1n) is 7.98. The maximum Gasteiger partial charge on any atom is 0.259 e. The van der Waals surface area contributed by atoms with Crippen LogP contribution in [0.4, 0.5) is 5.69 Å². The van der Waals surface area contributed by atoms with Crippen molar-refractivity contribution in [1.82, 2.24) is 14.8 Å². The van der Waals surface area contributed by atoms with Gasteiger partial charge in [0.2, 0.25) is 0 Å². The fraction of sp³-hybridized carbons (Fsp3) is 0.278. The van der Waals surface area contributed by atoms with Crippen LogP contribution in [0.1, 0.15) is 22.5 Å². The number of rotatable bonds is 1. The van der Waals surface area contributed by atoms with Gasteiger partial charge in [0.25, 0.3) is 5.91 Å². The molecule has 4 rings (SSSR count). The second-order valence-electron chi connectivity index (χ2n) is 5.93. The number of nitrogens with zero attached hydrogens (tertiary/aromatic N) is 4. The molecular weight excluding hydrogens is 320 g/mol. The Labute approximate surface area is 144 Å². The number of fused-ring (bicyclic) bond motifs is 2. The molecule has 0 saturated carbocycles. The molecule has 0 atom stereocenters. The summed E-state index contributed by atoms with van der Waals surface area (Å²) in [5.74, 6) is 1.03. The molecule has 0 N–H and O–H groups in total. The van der Waals surface area contributed by atoms with E-state index in [-0.39, 0.29) is 5.91 Å². The SMILES string of the molecule is Cc1nn(C)c2ncc(C(=O)N3CCCSc4ccccc43)cc12. The average Bonchev–Trinajstić information content (AvgIpc) is 2.77. The van der Waals surface area contributed by atoms with E-state index in [0.717, 1.165) is 46.0 Å². The number of pyridine rings is 1. The number of aromatic nitrogens is 3. The fourth-order valence-corrected chi connectivity index (χ4v) is 4.11. The summed E-state index contributed by atoms with van der Waals surface area (Å²) in [6, 6.07) is 10.0. The third kappa shape index (κ3) is 2.47. The number of para-hydroxylation sites is 1. The molecule has 1 amide bonds. The molecule has 2 aromatic heterocycles. The Morgan fingerprint density at radius 3 is 3.00 bits per heavy atom. The lowest BCUT2D eigenvalue weighted by molar-refractivity contribution is 0.0986. The van der Waals surface area contributed by atoms with Crippen molar-refractivity contribution < 1.29 is 4.79 Å². The van der Waals surface area contributed by atoms with Gasteiger partial charge in [-0.05, 0) is 37.3 Å². The summed E-state index contributed by atoms with van der Waals surface area (Å²) < 4.78 is 1.75. The summed E-state index contributed by atoms with van der Waals surface area (Å²) in [5.41, 5.74) is 3.30. The topological polar surface area (TPSA) is 51.0 Å². The lowest BCUT2D eigenvalue weighted by Gasteiger charge is -2.22. The van der Waals surface area contributed by atoms with Crippen molar-refractivity contribution in [3.05, 3.63) is 47.8 Å². The van der Waals surface area contributed by atoms with Gasteiger partial charge in [-0.2, -0.15) is 5.10 Å². The number of amides is 1. The van der Waals surface area contributed by atoms with Crippen molar-refractivity contribution in [2.45, 2.75) is 18.2 Å². The summed E-state index contributed by atoms with van der Waals surface area (Å²) in [6.07, 6.45) is 2.64. The average molecular weight is 338 g/mol. The Kier molecular flexibility index (Phi) is 3.76. The monoisotopic (exact) mass is 338 g/mol. The number of carbonyl (C=O) groups is 1. The van der Waals surface area contributed by atoms with Crippen molar-refractivity contribution in [1.29, 1.82) is 0 Å². The lowest BCUT2D eigenvalue weighted by Crippen LogP contribution is -2.31. The number of benzene rings is 1. The number of thioether (sulfide) groups is 1. The minimum absolute atomic E-state index is 0.00241. The van der Waals surface area contributed by atoms with Gasteiger partial charge in [-0.15, -0.1) is 11.8 Å². The van der Waals surface area contributed by atoms with E-state index in [2.05, 4.69) is 16.1 Å². The van der Waals surface area contributed by atoms with Crippen molar-refractivity contribution in [2.75, 3.05) is 17.2 Å². The van der Waals surface area contributed by atoms with Crippen LogP contribution in [0.3, 0.4) is 0 Å².